The molecule has 3 aromatic carbocycles. The molecule has 0 radical (unpaired) electrons. The third kappa shape index (κ3) is 18.8. The Hall–Kier alpha value is -11.6. The molecule has 0 saturated carbocycles. The second-order valence-corrected chi connectivity index (χ2v) is 39.8. The van der Waals surface area contributed by atoms with Crippen LogP contribution < -0.4 is 31.4 Å². The third-order valence-electron chi connectivity index (χ3n) is 24.8. The van der Waals surface area contributed by atoms with Crippen LogP contribution in [0.4, 0.5) is 30.2 Å². The standard InChI is InChI=1S/3C33H29Cl4FN6O3/c3*1-7-21(45)43-16(5)12-42(13-17(43)6)30-18-10-20(34)28(22-23(35)24(36)26(38)25(37)31(22)46)41-32(18)44(33(47)19(30)11-39)29-15(4)8-9-40-27(29)14(2)3/h3*7-10,14,16-17,46H,1,12-13H2,2-6H3/t3*16-,17+. The van der Waals surface area contributed by atoms with Gasteiger partial charge in [-0.25, -0.2) is 28.1 Å². The van der Waals surface area contributed by atoms with Gasteiger partial charge in [-0.3, -0.25) is 57.4 Å². The minimum atomic E-state index is -1.13. The van der Waals surface area contributed by atoms with E-state index in [4.69, 9.17) is 154 Å². The highest BCUT2D eigenvalue weighted by atomic mass is 35.5. The zero-order chi connectivity index (χ0) is 104. The number of carbonyl (C=O) groups excluding carboxylic acids is 3. The number of phenols is 3. The predicted molar refractivity (Wildman–Crippen MR) is 552 cm³/mol. The highest BCUT2D eigenvalue weighted by molar-refractivity contribution is 6.49. The molecule has 3 aliphatic heterocycles. The molecule has 0 unspecified atom stereocenters. The average molecular weight is 2160 g/mol. The number of halogens is 15. The smallest absolute Gasteiger partial charge is 0.276 e. The van der Waals surface area contributed by atoms with Crippen molar-refractivity contribution in [1.29, 1.82) is 15.8 Å². The number of carbonyl (C=O) groups is 3. The summed E-state index contributed by atoms with van der Waals surface area (Å²) >= 11 is 76.5. The van der Waals surface area contributed by atoms with Crippen LogP contribution in [-0.2, 0) is 14.4 Å². The Labute approximate surface area is 867 Å². The summed E-state index contributed by atoms with van der Waals surface area (Å²) in [5.41, 5.74) is 2.26. The van der Waals surface area contributed by atoms with Gasteiger partial charge in [-0.1, -0.05) is 200 Å². The van der Waals surface area contributed by atoms with Gasteiger partial charge in [0.25, 0.3) is 16.7 Å². The minimum Gasteiger partial charge on any atom is -0.506 e. The number of fused-ring (bicyclic) bond motifs is 3. The Balaban J connectivity index is 0.000000178. The number of benzene rings is 3. The van der Waals surface area contributed by atoms with Gasteiger partial charge >= 0.3 is 0 Å². The topological polar surface area (TPSA) is 346 Å². The lowest BCUT2D eigenvalue weighted by Gasteiger charge is -2.45. The number of hydrogen-bond acceptors (Lipinski definition) is 21. The van der Waals surface area contributed by atoms with Crippen LogP contribution in [0.2, 0.25) is 60.3 Å². The van der Waals surface area contributed by atoms with Crippen molar-refractivity contribution in [2.45, 2.75) is 158 Å². The van der Waals surface area contributed by atoms with E-state index >= 15 is 0 Å². The van der Waals surface area contributed by atoms with Crippen LogP contribution in [0, 0.1) is 72.2 Å². The van der Waals surface area contributed by atoms with E-state index < -0.39 is 96.6 Å². The quantitative estimate of drug-likeness (QED) is 0.0487. The number of phenolic OH excluding ortho intramolecular Hbond substituents is 3. The maximum absolute atomic E-state index is 14.6. The van der Waals surface area contributed by atoms with Gasteiger partial charge in [-0.05, 0) is 151 Å². The molecule has 3 saturated heterocycles. The zero-order valence-corrected chi connectivity index (χ0v) is 87.1. The van der Waals surface area contributed by atoms with Crippen LogP contribution in [0.3, 0.4) is 0 Å². The maximum atomic E-state index is 14.6. The van der Waals surface area contributed by atoms with E-state index in [0.717, 1.165) is 0 Å². The van der Waals surface area contributed by atoms with Crippen molar-refractivity contribution in [1.82, 2.24) is 58.3 Å². The normalized spacial score (nSPS) is 16.6. The molecule has 0 spiro atoms. The van der Waals surface area contributed by atoms with Crippen LogP contribution in [0.25, 0.3) is 83.9 Å². The number of aromatic hydroxyl groups is 3. The molecule has 3 aliphatic rings. The van der Waals surface area contributed by atoms with Crippen LogP contribution >= 0.6 is 139 Å². The Morgan fingerprint density at radius 1 is 0.383 bits per heavy atom. The summed E-state index contributed by atoms with van der Waals surface area (Å²) in [6, 6.07) is 14.1. The Morgan fingerprint density at radius 3 is 0.787 bits per heavy atom. The number of piperazine rings is 3. The van der Waals surface area contributed by atoms with Gasteiger partial charge in [0.2, 0.25) is 17.7 Å². The molecule has 0 aliphatic carbocycles. The number of anilines is 3. The van der Waals surface area contributed by atoms with Crippen LogP contribution in [0.5, 0.6) is 17.2 Å². The number of rotatable bonds is 15. The Bertz CT molecular complexity index is 6860. The molecular formula is C99H87Cl12F3N18O9. The van der Waals surface area contributed by atoms with Crippen LogP contribution in [0.1, 0.15) is 151 Å². The molecule has 27 nitrogen and oxygen atoms in total. The van der Waals surface area contributed by atoms with Crippen molar-refractivity contribution < 1.29 is 42.9 Å². The molecule has 0 bridgehead atoms. The van der Waals surface area contributed by atoms with E-state index in [9.17, 15) is 73.0 Å². The summed E-state index contributed by atoms with van der Waals surface area (Å²) < 4.78 is 47.8. The Morgan fingerprint density at radius 2 is 0.596 bits per heavy atom. The molecule has 12 heterocycles. The monoisotopic (exact) mass is 2150 g/mol. The van der Waals surface area contributed by atoms with Crippen LogP contribution in [0.15, 0.2) is 107 Å². The molecule has 3 fully saturated rings. The van der Waals surface area contributed by atoms with Gasteiger partial charge in [-0.2, -0.15) is 15.8 Å². The molecule has 3 amide bonds. The molecular weight excluding hydrogens is 2070 g/mol. The van der Waals surface area contributed by atoms with Gasteiger partial charge in [0, 0.05) is 110 Å². The zero-order valence-electron chi connectivity index (χ0n) is 78.0. The number of aryl methyl sites for hydroxylation is 3. The molecule has 6 atom stereocenters. The number of nitrogens with zero attached hydrogens (tertiary/aromatic N) is 18. The Kier molecular flexibility index (Phi) is 31.9. The first-order valence-corrected chi connectivity index (χ1v) is 48.2. The predicted octanol–water partition coefficient (Wildman–Crippen LogP) is 23.5. The SMILES string of the molecule is C=CC(=O)N1[C@H](C)CN(c2c(C#N)c(=O)n(-c3c(C)ccnc3C(C)C)c3nc(-c4c(O)c(Cl)c(F)c(Cl)c4Cl)c(Cl)cc23)C[C@@H]1C.C=CC(=O)N1[C@H](C)CN(c2c(C#N)c(=O)n(-c3c(C)ccnc3C(C)C)c3nc(-c4c(O)c(Cl)c(F)c(Cl)c4Cl)c(Cl)cc23)C[C@@H]1C.C=CC(=O)N1[C@H](C)CN(c2c(C#N)c(=O)n(-c3c(C)ccnc3C(C)C)c3nc(-c4c(O)c(Cl)c(F)c(Cl)c4Cl)c(Cl)cc23)C[C@@H]1C. The van der Waals surface area contributed by atoms with E-state index in [2.05, 4.69) is 52.9 Å². The summed E-state index contributed by atoms with van der Waals surface area (Å²) in [7, 11) is 0. The molecule has 12 aromatic rings. The number of amides is 3. The fraction of sp³-hybridized carbons (Fsp3) is 0.303. The first-order valence-electron chi connectivity index (χ1n) is 43.7. The molecule has 42 heteroatoms. The maximum Gasteiger partial charge on any atom is 0.276 e. The summed E-state index contributed by atoms with van der Waals surface area (Å²) in [6.07, 6.45) is 8.64. The van der Waals surface area contributed by atoms with Crippen molar-refractivity contribution in [3.05, 3.63) is 252 Å². The van der Waals surface area contributed by atoms with Crippen molar-refractivity contribution in [2.75, 3.05) is 54.0 Å². The van der Waals surface area contributed by atoms with Gasteiger partial charge in [0.15, 0.2) is 17.5 Å². The number of nitriles is 3. The lowest BCUT2D eigenvalue weighted by molar-refractivity contribution is -0.131. The van der Waals surface area contributed by atoms with E-state index in [1.54, 1.807) is 72.3 Å². The second kappa shape index (κ2) is 42.1. The summed E-state index contributed by atoms with van der Waals surface area (Å²) in [5.74, 6) is -6.76. The highest BCUT2D eigenvalue weighted by Gasteiger charge is 2.42. The summed E-state index contributed by atoms with van der Waals surface area (Å²) in [5, 5.41) is 60.3. The van der Waals surface area contributed by atoms with Crippen molar-refractivity contribution in [3.8, 4) is 86.3 Å². The number of aromatic nitrogens is 9. The first kappa shape index (κ1) is 107. The first-order chi connectivity index (χ1) is 66.5. The van der Waals surface area contributed by atoms with E-state index in [-0.39, 0.29) is 211 Å². The van der Waals surface area contributed by atoms with Crippen molar-refractivity contribution in [3.63, 3.8) is 0 Å². The molecule has 141 heavy (non-hydrogen) atoms. The largest absolute Gasteiger partial charge is 0.506 e. The minimum absolute atomic E-state index is 0.0540. The second-order valence-electron chi connectivity index (χ2n) is 35.1. The molecule has 15 rings (SSSR count). The third-order valence-corrected chi connectivity index (χ3v) is 29.2. The fourth-order valence-corrected chi connectivity index (χ4v) is 21.5. The van der Waals surface area contributed by atoms with Crippen molar-refractivity contribution in [2.24, 2.45) is 0 Å². The summed E-state index contributed by atoms with van der Waals surface area (Å²) in [6.45, 7) is 40.6. The lowest BCUT2D eigenvalue weighted by atomic mass is 10.0. The molecule has 3 N–H and O–H groups in total. The lowest BCUT2D eigenvalue weighted by Crippen LogP contribution is -2.58. The highest BCUT2D eigenvalue weighted by Crippen LogP contribution is 2.54. The number of pyridine rings is 9. The fourth-order valence-electron chi connectivity index (χ4n) is 18.7. The van der Waals surface area contributed by atoms with Crippen LogP contribution in [-0.4, -0.2) is 167 Å². The average Bonchev–Trinajstić information content (AvgIpc) is 0.725. The van der Waals surface area contributed by atoms with Gasteiger partial charge in [0.1, 0.15) is 84.2 Å². The van der Waals surface area contributed by atoms with E-state index in [0.29, 0.717) is 67.0 Å². The summed E-state index contributed by atoms with van der Waals surface area (Å²) in [4.78, 5) is 120. The number of hydrogen-bond donors (Lipinski definition) is 3. The van der Waals surface area contributed by atoms with Gasteiger partial charge < -0.3 is 44.7 Å². The van der Waals surface area contributed by atoms with Gasteiger partial charge in [-0.15, -0.1) is 0 Å². The van der Waals surface area contributed by atoms with E-state index in [1.807, 2.05) is 97.8 Å². The van der Waals surface area contributed by atoms with E-state index in [1.165, 1.54) is 50.1 Å². The van der Waals surface area contributed by atoms with Gasteiger partial charge in [0.05, 0.1) is 130 Å². The van der Waals surface area contributed by atoms with Crippen molar-refractivity contribution >= 4 is 207 Å². The molecule has 732 valence electrons. The molecule has 9 aromatic heterocycles.